The zero-order chi connectivity index (χ0) is 33.2. The van der Waals surface area contributed by atoms with Gasteiger partial charge in [-0.1, -0.05) is 125 Å². The number of hydrogen-bond donors (Lipinski definition) is 0. The fourth-order valence-corrected chi connectivity index (χ4v) is 12.7. The van der Waals surface area contributed by atoms with E-state index in [0.29, 0.717) is 0 Å². The highest BCUT2D eigenvalue weighted by Crippen LogP contribution is 2.47. The zero-order valence-electron chi connectivity index (χ0n) is 27.3. The summed E-state index contributed by atoms with van der Waals surface area (Å²) < 4.78 is 2.78. The molecule has 12 rings (SSSR count). The van der Waals surface area contributed by atoms with E-state index < -0.39 is 0 Å². The number of rotatable bonds is 2. The van der Waals surface area contributed by atoms with Gasteiger partial charge in [-0.3, -0.25) is 0 Å². The van der Waals surface area contributed by atoms with Crippen molar-refractivity contribution in [3.8, 4) is 0 Å². The summed E-state index contributed by atoms with van der Waals surface area (Å²) in [6, 6.07) is 58.8. The van der Waals surface area contributed by atoms with Crippen molar-refractivity contribution in [2.75, 3.05) is 9.80 Å². The number of para-hydroxylation sites is 3. The number of benzene rings is 7. The van der Waals surface area contributed by atoms with Crippen LogP contribution in [0.4, 0.5) is 34.1 Å². The Balaban J connectivity index is 1.11. The molecule has 236 valence electrons. The van der Waals surface area contributed by atoms with Crippen LogP contribution < -0.4 is 41.9 Å². The first-order valence-corrected chi connectivity index (χ1v) is 19.9. The van der Waals surface area contributed by atoms with Gasteiger partial charge in [0, 0.05) is 62.9 Å². The van der Waals surface area contributed by atoms with Crippen LogP contribution in [0.25, 0.3) is 10.1 Å². The van der Waals surface area contributed by atoms with E-state index in [2.05, 4.69) is 168 Å². The molecule has 0 amide bonds. The quantitative estimate of drug-likeness (QED) is 0.167. The molecule has 0 saturated carbocycles. The SMILES string of the molecule is c1ccc(N2c3ccccc3B3c4cc5c(cc4Sc4cccc2c43)Sc2cccc3c2B5c2sc4ccccc4c2N3c2ccccc2)cc1. The van der Waals surface area contributed by atoms with Crippen molar-refractivity contribution in [1.82, 2.24) is 0 Å². The molecule has 0 bridgehead atoms. The largest absolute Gasteiger partial charge is 0.311 e. The van der Waals surface area contributed by atoms with E-state index in [-0.39, 0.29) is 13.4 Å². The van der Waals surface area contributed by atoms with Crippen molar-refractivity contribution in [1.29, 1.82) is 0 Å². The van der Waals surface area contributed by atoms with Crippen molar-refractivity contribution >= 4 is 125 Å². The van der Waals surface area contributed by atoms with E-state index in [9.17, 15) is 0 Å². The second-order valence-corrected chi connectivity index (χ2v) is 16.8. The van der Waals surface area contributed by atoms with E-state index in [0.717, 1.165) is 0 Å². The van der Waals surface area contributed by atoms with Gasteiger partial charge in [0.1, 0.15) is 0 Å². The Kier molecular flexibility index (Phi) is 6.01. The number of thiophene rings is 1. The molecule has 0 radical (unpaired) electrons. The summed E-state index contributed by atoms with van der Waals surface area (Å²) in [4.78, 5) is 10.5. The standard InChI is InChI=1S/C44H26B2N2S3/c1-3-13-27(14-4-1)47-33-19-9-8-18-30(33)45-31-25-32-40(26-39(31)49-37-23-11-20-34(47)41(37)45)50-38-24-12-21-35-42(38)46(32)44-43(29-17-7-10-22-36(29)51-44)48(35)28-15-5-2-6-16-28/h1-26H. The molecular formula is C44H26B2N2S3. The first-order valence-electron chi connectivity index (χ1n) is 17.4. The van der Waals surface area contributed by atoms with E-state index in [4.69, 9.17) is 0 Å². The maximum Gasteiger partial charge on any atom is 0.262 e. The molecule has 7 heteroatoms. The third-order valence-electron chi connectivity index (χ3n) is 10.9. The van der Waals surface area contributed by atoms with Gasteiger partial charge in [0.15, 0.2) is 0 Å². The first kappa shape index (κ1) is 28.6. The molecule has 7 aromatic carbocycles. The van der Waals surface area contributed by atoms with Gasteiger partial charge in [-0.2, -0.15) is 0 Å². The fraction of sp³-hybridized carbons (Fsp3) is 0. The molecule has 0 spiro atoms. The molecule has 0 N–H and O–H groups in total. The number of nitrogens with zero attached hydrogens (tertiary/aromatic N) is 2. The van der Waals surface area contributed by atoms with Crippen molar-refractivity contribution in [2.24, 2.45) is 0 Å². The lowest BCUT2D eigenvalue weighted by atomic mass is 9.33. The monoisotopic (exact) mass is 700 g/mol. The van der Waals surface area contributed by atoms with Crippen LogP contribution in [0.5, 0.6) is 0 Å². The Labute approximate surface area is 309 Å². The zero-order valence-corrected chi connectivity index (χ0v) is 29.7. The summed E-state index contributed by atoms with van der Waals surface area (Å²) in [6.07, 6.45) is 0. The Bertz CT molecular complexity index is 2750. The molecule has 0 unspecified atom stereocenters. The summed E-state index contributed by atoms with van der Waals surface area (Å²) in [6.45, 7) is 0.313. The predicted molar refractivity (Wildman–Crippen MR) is 222 cm³/mol. The molecule has 8 aromatic rings. The van der Waals surface area contributed by atoms with Gasteiger partial charge in [-0.05, 0) is 83.1 Å². The minimum absolute atomic E-state index is 0.154. The summed E-state index contributed by atoms with van der Waals surface area (Å²) in [5.41, 5.74) is 14.6. The highest BCUT2D eigenvalue weighted by atomic mass is 32.2. The third kappa shape index (κ3) is 3.94. The van der Waals surface area contributed by atoms with Gasteiger partial charge in [-0.25, -0.2) is 0 Å². The normalized spacial score (nSPS) is 14.4. The Hall–Kier alpha value is -5.07. The van der Waals surface area contributed by atoms with Gasteiger partial charge >= 0.3 is 0 Å². The lowest BCUT2D eigenvalue weighted by Gasteiger charge is -2.41. The van der Waals surface area contributed by atoms with Crippen LogP contribution in [0.1, 0.15) is 0 Å². The second-order valence-electron chi connectivity index (χ2n) is 13.6. The van der Waals surface area contributed by atoms with E-state index in [1.165, 1.54) is 95.9 Å². The van der Waals surface area contributed by atoms with Gasteiger partial charge in [0.25, 0.3) is 6.71 Å². The average Bonchev–Trinajstić information content (AvgIpc) is 3.57. The van der Waals surface area contributed by atoms with E-state index >= 15 is 0 Å². The highest BCUT2D eigenvalue weighted by Gasteiger charge is 2.46. The van der Waals surface area contributed by atoms with E-state index in [1.807, 2.05) is 34.9 Å². The van der Waals surface area contributed by atoms with Crippen molar-refractivity contribution in [3.63, 3.8) is 0 Å². The first-order chi connectivity index (χ1) is 25.3. The molecule has 5 heterocycles. The Morgan fingerprint density at radius 1 is 0.412 bits per heavy atom. The molecule has 0 atom stereocenters. The summed E-state index contributed by atoms with van der Waals surface area (Å²) in [5, 5.41) is 1.33. The topological polar surface area (TPSA) is 6.48 Å². The van der Waals surface area contributed by atoms with E-state index in [1.54, 1.807) is 0 Å². The third-order valence-corrected chi connectivity index (χ3v) is 14.5. The average molecular weight is 701 g/mol. The molecule has 0 saturated heterocycles. The Morgan fingerprint density at radius 2 is 0.980 bits per heavy atom. The van der Waals surface area contributed by atoms with Crippen LogP contribution >= 0.6 is 34.9 Å². The van der Waals surface area contributed by atoms with Gasteiger partial charge in [0.2, 0.25) is 6.71 Å². The smallest absolute Gasteiger partial charge is 0.262 e. The number of anilines is 6. The van der Waals surface area contributed by atoms with Crippen LogP contribution in [0.3, 0.4) is 0 Å². The summed E-state index contributed by atoms with van der Waals surface area (Å²) in [7, 11) is 0. The molecule has 4 aliphatic heterocycles. The number of hydrogen-bond acceptors (Lipinski definition) is 5. The second kappa shape index (κ2) is 10.7. The molecule has 0 fully saturated rings. The van der Waals surface area contributed by atoms with Gasteiger partial charge < -0.3 is 9.80 Å². The molecule has 0 aliphatic carbocycles. The van der Waals surface area contributed by atoms with Crippen LogP contribution in [0.2, 0.25) is 0 Å². The Morgan fingerprint density at radius 3 is 1.73 bits per heavy atom. The van der Waals surface area contributed by atoms with Gasteiger partial charge in [0.05, 0.1) is 5.69 Å². The van der Waals surface area contributed by atoms with Crippen LogP contribution in [0.15, 0.2) is 177 Å². The minimum atomic E-state index is 0.154. The maximum absolute atomic E-state index is 2.61. The summed E-state index contributed by atoms with van der Waals surface area (Å²) >= 11 is 5.86. The lowest BCUT2D eigenvalue weighted by Crippen LogP contribution is -2.63. The van der Waals surface area contributed by atoms with Crippen molar-refractivity contribution in [2.45, 2.75) is 19.6 Å². The molecule has 1 aromatic heterocycles. The molecule has 4 aliphatic rings. The van der Waals surface area contributed by atoms with Gasteiger partial charge in [-0.15, -0.1) is 11.3 Å². The van der Waals surface area contributed by atoms with Crippen LogP contribution in [-0.2, 0) is 0 Å². The van der Waals surface area contributed by atoms with Crippen molar-refractivity contribution < 1.29 is 0 Å². The van der Waals surface area contributed by atoms with Crippen LogP contribution in [0, 0.1) is 0 Å². The summed E-state index contributed by atoms with van der Waals surface area (Å²) in [5.74, 6) is 0. The maximum atomic E-state index is 2.61. The predicted octanol–water partition coefficient (Wildman–Crippen LogP) is 8.43. The minimum Gasteiger partial charge on any atom is -0.311 e. The molecule has 51 heavy (non-hydrogen) atoms. The molecule has 2 nitrogen and oxygen atoms in total. The van der Waals surface area contributed by atoms with Crippen LogP contribution in [-0.4, -0.2) is 13.4 Å². The lowest BCUT2D eigenvalue weighted by molar-refractivity contribution is 1.26. The highest BCUT2D eigenvalue weighted by molar-refractivity contribution is 8.01. The van der Waals surface area contributed by atoms with Crippen molar-refractivity contribution in [3.05, 3.63) is 158 Å². The fourth-order valence-electron chi connectivity index (χ4n) is 8.94. The molecular weight excluding hydrogens is 674 g/mol. The number of fused-ring (bicyclic) bond motifs is 10.